The molecule has 108 valence electrons. The van der Waals surface area contributed by atoms with E-state index in [1.165, 1.54) is 0 Å². The van der Waals surface area contributed by atoms with E-state index >= 15 is 0 Å². The first-order chi connectivity index (χ1) is 9.42. The number of rotatable bonds is 5. The Morgan fingerprint density at radius 1 is 1.40 bits per heavy atom. The summed E-state index contributed by atoms with van der Waals surface area (Å²) in [6.07, 6.45) is 0. The van der Waals surface area contributed by atoms with Gasteiger partial charge in [-0.05, 0) is 24.1 Å². The molecule has 6 nitrogen and oxygen atoms in total. The van der Waals surface area contributed by atoms with Crippen molar-refractivity contribution in [2.24, 2.45) is 5.73 Å². The number of sulfonamides is 1. The van der Waals surface area contributed by atoms with Gasteiger partial charge in [0.25, 0.3) is 0 Å². The standard InChI is InChI=1S/C12H15N3O3S2/c1-8-2-3-9(5-13)4-11(8)20(17,18)14-6-10-7-19-12(16)15-10/h2-4,7,14H,5-6,13H2,1H3,(H,15,16). The lowest BCUT2D eigenvalue weighted by atomic mass is 10.1. The summed E-state index contributed by atoms with van der Waals surface area (Å²) in [7, 11) is -3.64. The molecule has 0 fully saturated rings. The van der Waals surface area contributed by atoms with Crippen molar-refractivity contribution < 1.29 is 8.42 Å². The zero-order valence-corrected chi connectivity index (χ0v) is 12.5. The van der Waals surface area contributed by atoms with Crippen LogP contribution < -0.4 is 15.3 Å². The quantitative estimate of drug-likeness (QED) is 0.755. The third-order valence-corrected chi connectivity index (χ3v) is 5.06. The lowest BCUT2D eigenvalue weighted by Gasteiger charge is -2.10. The van der Waals surface area contributed by atoms with E-state index in [1.807, 2.05) is 0 Å². The molecular weight excluding hydrogens is 298 g/mol. The highest BCUT2D eigenvalue weighted by atomic mass is 32.2. The minimum Gasteiger partial charge on any atom is -0.326 e. The second kappa shape index (κ2) is 5.88. The third-order valence-electron chi connectivity index (χ3n) is 2.80. The smallest absolute Gasteiger partial charge is 0.304 e. The molecule has 4 N–H and O–H groups in total. The molecule has 0 atom stereocenters. The van der Waals surface area contributed by atoms with Crippen molar-refractivity contribution >= 4 is 21.4 Å². The van der Waals surface area contributed by atoms with Crippen molar-refractivity contribution in [2.75, 3.05) is 0 Å². The Labute approximate surface area is 120 Å². The monoisotopic (exact) mass is 313 g/mol. The average molecular weight is 313 g/mol. The van der Waals surface area contributed by atoms with Crippen LogP contribution in [0.25, 0.3) is 0 Å². The fraction of sp³-hybridized carbons (Fsp3) is 0.250. The number of H-pyrrole nitrogens is 1. The van der Waals surface area contributed by atoms with Crippen molar-refractivity contribution in [3.63, 3.8) is 0 Å². The number of benzene rings is 1. The molecule has 0 amide bonds. The Morgan fingerprint density at radius 2 is 2.15 bits per heavy atom. The van der Waals surface area contributed by atoms with E-state index in [-0.39, 0.29) is 22.9 Å². The van der Waals surface area contributed by atoms with Gasteiger partial charge in [-0.2, -0.15) is 0 Å². The van der Waals surface area contributed by atoms with Gasteiger partial charge in [0, 0.05) is 17.6 Å². The molecule has 0 saturated carbocycles. The number of nitrogens with two attached hydrogens (primary N) is 1. The Balaban J connectivity index is 2.24. The van der Waals surface area contributed by atoms with E-state index in [9.17, 15) is 13.2 Å². The maximum Gasteiger partial charge on any atom is 0.304 e. The number of aromatic nitrogens is 1. The Bertz CT molecular complexity index is 762. The fourth-order valence-corrected chi connectivity index (χ4v) is 3.59. The number of hydrogen-bond acceptors (Lipinski definition) is 5. The van der Waals surface area contributed by atoms with Gasteiger partial charge in [-0.3, -0.25) is 4.79 Å². The topological polar surface area (TPSA) is 105 Å². The van der Waals surface area contributed by atoms with Gasteiger partial charge in [0.05, 0.1) is 11.4 Å². The predicted molar refractivity (Wildman–Crippen MR) is 78.0 cm³/mol. The van der Waals surface area contributed by atoms with Crippen molar-refractivity contribution in [1.82, 2.24) is 9.71 Å². The maximum atomic E-state index is 12.3. The van der Waals surface area contributed by atoms with E-state index in [4.69, 9.17) is 5.73 Å². The van der Waals surface area contributed by atoms with Gasteiger partial charge in [-0.15, -0.1) is 0 Å². The van der Waals surface area contributed by atoms with E-state index in [1.54, 1.807) is 30.5 Å². The van der Waals surface area contributed by atoms with Gasteiger partial charge in [0.15, 0.2) is 0 Å². The van der Waals surface area contributed by atoms with Crippen LogP contribution in [0.1, 0.15) is 16.8 Å². The summed E-state index contributed by atoms with van der Waals surface area (Å²) in [6.45, 7) is 2.05. The minimum atomic E-state index is -3.64. The molecule has 0 radical (unpaired) electrons. The second-order valence-corrected chi connectivity index (χ2v) is 6.88. The second-order valence-electron chi connectivity index (χ2n) is 4.30. The molecular formula is C12H15N3O3S2. The molecule has 0 saturated heterocycles. The van der Waals surface area contributed by atoms with Crippen molar-refractivity contribution in [3.8, 4) is 0 Å². The number of aromatic amines is 1. The molecule has 0 bridgehead atoms. The summed E-state index contributed by atoms with van der Waals surface area (Å²) < 4.78 is 27.0. The van der Waals surface area contributed by atoms with E-state index < -0.39 is 10.0 Å². The molecule has 0 aliphatic carbocycles. The number of nitrogens with one attached hydrogen (secondary N) is 2. The first-order valence-electron chi connectivity index (χ1n) is 5.88. The molecule has 2 aromatic rings. The fourth-order valence-electron chi connectivity index (χ4n) is 1.71. The summed E-state index contributed by atoms with van der Waals surface area (Å²) in [4.78, 5) is 13.5. The minimum absolute atomic E-state index is 0.0490. The van der Waals surface area contributed by atoms with Crippen molar-refractivity contribution in [1.29, 1.82) is 0 Å². The molecule has 1 aromatic carbocycles. The van der Waals surface area contributed by atoms with Gasteiger partial charge < -0.3 is 10.7 Å². The van der Waals surface area contributed by atoms with Crippen LogP contribution in [0.5, 0.6) is 0 Å². The summed E-state index contributed by atoms with van der Waals surface area (Å²) in [5.74, 6) is 0. The third kappa shape index (κ3) is 3.34. The lowest BCUT2D eigenvalue weighted by molar-refractivity contribution is 0.579. The Hall–Kier alpha value is -1.48. The van der Waals surface area contributed by atoms with Gasteiger partial charge in [0.2, 0.25) is 10.0 Å². The zero-order valence-electron chi connectivity index (χ0n) is 10.8. The lowest BCUT2D eigenvalue weighted by Crippen LogP contribution is -2.24. The summed E-state index contributed by atoms with van der Waals surface area (Å²) in [5.41, 5.74) is 7.46. The SMILES string of the molecule is Cc1ccc(CN)cc1S(=O)(=O)NCc1csc(=O)[nH]1. The largest absolute Gasteiger partial charge is 0.326 e. The molecule has 1 heterocycles. The predicted octanol–water partition coefficient (Wildman–Crippen LogP) is 0.682. The maximum absolute atomic E-state index is 12.3. The number of thiazole rings is 1. The van der Waals surface area contributed by atoms with Gasteiger partial charge >= 0.3 is 4.87 Å². The molecule has 0 aliphatic heterocycles. The molecule has 0 unspecified atom stereocenters. The zero-order chi connectivity index (χ0) is 14.8. The first-order valence-corrected chi connectivity index (χ1v) is 8.24. The van der Waals surface area contributed by atoms with Crippen molar-refractivity contribution in [2.45, 2.75) is 24.9 Å². The molecule has 1 aromatic heterocycles. The normalized spacial score (nSPS) is 11.7. The van der Waals surface area contributed by atoms with Crippen LogP contribution in [0.15, 0.2) is 33.3 Å². The van der Waals surface area contributed by atoms with Crippen LogP contribution >= 0.6 is 11.3 Å². The molecule has 0 aliphatic rings. The van der Waals surface area contributed by atoms with Crippen LogP contribution in [0.2, 0.25) is 0 Å². The van der Waals surface area contributed by atoms with Crippen molar-refractivity contribution in [3.05, 3.63) is 50.1 Å². The molecule has 0 spiro atoms. The van der Waals surface area contributed by atoms with E-state index in [0.717, 1.165) is 16.9 Å². The molecule has 20 heavy (non-hydrogen) atoms. The van der Waals surface area contributed by atoms with Crippen LogP contribution in [-0.2, 0) is 23.1 Å². The summed E-state index contributed by atoms with van der Waals surface area (Å²) in [5, 5.41) is 1.59. The van der Waals surface area contributed by atoms with Gasteiger partial charge in [-0.25, -0.2) is 13.1 Å². The summed E-state index contributed by atoms with van der Waals surface area (Å²) >= 11 is 0.998. The average Bonchev–Trinajstić information content (AvgIpc) is 2.83. The van der Waals surface area contributed by atoms with Crippen LogP contribution in [0.3, 0.4) is 0 Å². The summed E-state index contributed by atoms with van der Waals surface area (Å²) in [6, 6.07) is 5.09. The Kier molecular flexibility index (Phi) is 4.39. The van der Waals surface area contributed by atoms with Crippen LogP contribution in [0, 0.1) is 6.92 Å². The van der Waals surface area contributed by atoms with E-state index in [2.05, 4.69) is 9.71 Å². The highest BCUT2D eigenvalue weighted by molar-refractivity contribution is 7.89. The Morgan fingerprint density at radius 3 is 2.75 bits per heavy atom. The van der Waals surface area contributed by atoms with Gasteiger partial charge in [0.1, 0.15) is 0 Å². The number of hydrogen-bond donors (Lipinski definition) is 3. The van der Waals surface area contributed by atoms with E-state index in [0.29, 0.717) is 11.3 Å². The highest BCUT2D eigenvalue weighted by Crippen LogP contribution is 2.17. The highest BCUT2D eigenvalue weighted by Gasteiger charge is 2.17. The van der Waals surface area contributed by atoms with Crippen LogP contribution in [-0.4, -0.2) is 13.4 Å². The molecule has 2 rings (SSSR count). The number of aryl methyl sites for hydroxylation is 1. The first kappa shape index (κ1) is 14.9. The van der Waals surface area contributed by atoms with Crippen LogP contribution in [0.4, 0.5) is 0 Å². The molecule has 8 heteroatoms. The van der Waals surface area contributed by atoms with Gasteiger partial charge in [-0.1, -0.05) is 23.5 Å².